The van der Waals surface area contributed by atoms with E-state index < -0.39 is 5.60 Å². The molecule has 5 nitrogen and oxygen atoms in total. The molecule has 0 bridgehead atoms. The molecule has 2 atom stereocenters. The van der Waals surface area contributed by atoms with E-state index >= 15 is 0 Å². The predicted octanol–water partition coefficient (Wildman–Crippen LogP) is 2.29. The van der Waals surface area contributed by atoms with Crippen LogP contribution in [0.25, 0.3) is 0 Å². The van der Waals surface area contributed by atoms with Gasteiger partial charge in [0.05, 0.1) is 12.2 Å². The molecular formula is C21H30N4O. The van der Waals surface area contributed by atoms with E-state index in [2.05, 4.69) is 34.0 Å². The average molecular weight is 354 g/mol. The van der Waals surface area contributed by atoms with Gasteiger partial charge in [0.25, 0.3) is 0 Å². The third-order valence-corrected chi connectivity index (χ3v) is 6.38. The number of benzene rings is 1. The molecule has 0 aliphatic carbocycles. The maximum atomic E-state index is 11.7. The summed E-state index contributed by atoms with van der Waals surface area (Å²) in [5.41, 5.74) is 2.82. The van der Waals surface area contributed by atoms with Crippen molar-refractivity contribution in [3.63, 3.8) is 0 Å². The van der Waals surface area contributed by atoms with Crippen LogP contribution in [0, 0.1) is 6.92 Å². The molecule has 1 aromatic carbocycles. The van der Waals surface area contributed by atoms with Gasteiger partial charge < -0.3 is 5.11 Å². The lowest BCUT2D eigenvalue weighted by Crippen LogP contribution is -2.60. The van der Waals surface area contributed by atoms with E-state index in [-0.39, 0.29) is 6.04 Å². The second-order valence-electron chi connectivity index (χ2n) is 7.91. The van der Waals surface area contributed by atoms with Crippen LogP contribution in [-0.2, 0) is 19.2 Å². The van der Waals surface area contributed by atoms with Gasteiger partial charge in [0.15, 0.2) is 0 Å². The Kier molecular flexibility index (Phi) is 4.86. The zero-order chi connectivity index (χ0) is 18.1. The summed E-state index contributed by atoms with van der Waals surface area (Å²) in [6.07, 6.45) is 5.24. The van der Waals surface area contributed by atoms with Crippen molar-refractivity contribution < 1.29 is 5.11 Å². The van der Waals surface area contributed by atoms with Crippen molar-refractivity contribution in [2.24, 2.45) is 7.05 Å². The normalized spacial score (nSPS) is 27.9. The van der Waals surface area contributed by atoms with Gasteiger partial charge in [-0.1, -0.05) is 30.3 Å². The Morgan fingerprint density at radius 1 is 1.15 bits per heavy atom. The Balaban J connectivity index is 1.58. The maximum Gasteiger partial charge on any atom is 0.108 e. The Hall–Kier alpha value is -1.69. The van der Waals surface area contributed by atoms with Gasteiger partial charge in [-0.2, -0.15) is 5.10 Å². The second kappa shape index (κ2) is 7.14. The highest BCUT2D eigenvalue weighted by Crippen LogP contribution is 2.37. The second-order valence-corrected chi connectivity index (χ2v) is 7.91. The Labute approximate surface area is 156 Å². The molecule has 2 aliphatic heterocycles. The van der Waals surface area contributed by atoms with Gasteiger partial charge in [-0.3, -0.25) is 14.5 Å². The fraction of sp³-hybridized carbons (Fsp3) is 0.571. The first-order valence-corrected chi connectivity index (χ1v) is 9.80. The average Bonchev–Trinajstić information content (AvgIpc) is 3.30. The predicted molar refractivity (Wildman–Crippen MR) is 103 cm³/mol. The molecule has 2 saturated heterocycles. The highest BCUT2D eigenvalue weighted by molar-refractivity contribution is 5.26. The number of hydrogen-bond acceptors (Lipinski definition) is 4. The third-order valence-electron chi connectivity index (χ3n) is 6.38. The largest absolute Gasteiger partial charge is 0.383 e. The molecule has 140 valence electrons. The molecule has 1 unspecified atom stereocenters. The van der Waals surface area contributed by atoms with Gasteiger partial charge in [0.1, 0.15) is 5.60 Å². The fourth-order valence-corrected chi connectivity index (χ4v) is 4.60. The van der Waals surface area contributed by atoms with Crippen LogP contribution in [0.15, 0.2) is 36.5 Å². The Bertz CT molecular complexity index is 738. The van der Waals surface area contributed by atoms with Crippen LogP contribution in [0.4, 0.5) is 0 Å². The van der Waals surface area contributed by atoms with E-state index in [9.17, 15) is 5.11 Å². The molecule has 4 rings (SSSR count). The quantitative estimate of drug-likeness (QED) is 0.915. The van der Waals surface area contributed by atoms with Crippen molar-refractivity contribution >= 4 is 0 Å². The molecule has 1 N–H and O–H groups in total. The molecule has 1 aromatic heterocycles. The van der Waals surface area contributed by atoms with Crippen LogP contribution in [0.5, 0.6) is 0 Å². The van der Waals surface area contributed by atoms with Crippen LogP contribution in [-0.4, -0.2) is 56.9 Å². The Morgan fingerprint density at radius 2 is 1.88 bits per heavy atom. The summed E-state index contributed by atoms with van der Waals surface area (Å²) in [5, 5.41) is 16.1. The first-order valence-electron chi connectivity index (χ1n) is 9.80. The summed E-state index contributed by atoms with van der Waals surface area (Å²) in [6.45, 7) is 7.04. The maximum absolute atomic E-state index is 11.7. The van der Waals surface area contributed by atoms with E-state index in [1.54, 1.807) is 0 Å². The number of likely N-dealkylation sites (tertiary alicyclic amines) is 2. The van der Waals surface area contributed by atoms with Crippen LogP contribution in [0.1, 0.15) is 36.1 Å². The number of nitrogens with zero attached hydrogens (tertiary/aromatic N) is 4. The van der Waals surface area contributed by atoms with Crippen molar-refractivity contribution in [3.05, 3.63) is 53.3 Å². The first kappa shape index (κ1) is 17.7. The van der Waals surface area contributed by atoms with Gasteiger partial charge in [-0.05, 0) is 44.8 Å². The van der Waals surface area contributed by atoms with Gasteiger partial charge in [0.2, 0.25) is 0 Å². The molecule has 0 spiro atoms. The van der Waals surface area contributed by atoms with Crippen LogP contribution >= 0.6 is 0 Å². The van der Waals surface area contributed by atoms with Crippen LogP contribution in [0.3, 0.4) is 0 Å². The highest BCUT2D eigenvalue weighted by atomic mass is 16.3. The number of hydrogen-bond donors (Lipinski definition) is 1. The van der Waals surface area contributed by atoms with E-state index in [1.165, 1.54) is 24.1 Å². The van der Waals surface area contributed by atoms with Crippen molar-refractivity contribution in [3.8, 4) is 0 Å². The summed E-state index contributed by atoms with van der Waals surface area (Å²) in [5.74, 6) is 0. The summed E-state index contributed by atoms with van der Waals surface area (Å²) in [6, 6.07) is 10.4. The van der Waals surface area contributed by atoms with E-state index in [0.29, 0.717) is 0 Å². The summed E-state index contributed by atoms with van der Waals surface area (Å²) in [4.78, 5) is 5.00. The van der Waals surface area contributed by atoms with Gasteiger partial charge in [-0.15, -0.1) is 0 Å². The molecule has 2 fully saturated rings. The minimum absolute atomic E-state index is 0.151. The summed E-state index contributed by atoms with van der Waals surface area (Å²) < 4.78 is 1.94. The standard InChI is InChI=1S/C21H30N4O/c1-17-18(14-22-23(17)2)15-24-13-10-21(26,19-8-4-3-5-9-19)20(16-24)25-11-6-7-12-25/h3-5,8-9,14,20,26H,6-7,10-13,15-16H2,1-2H3/t20-,21?/m1/s1. The lowest BCUT2D eigenvalue weighted by molar-refractivity contribution is -0.0959. The van der Waals surface area contributed by atoms with E-state index in [4.69, 9.17) is 0 Å². The summed E-state index contributed by atoms with van der Waals surface area (Å²) in [7, 11) is 2.00. The van der Waals surface area contributed by atoms with Crippen molar-refractivity contribution in [2.45, 2.75) is 44.4 Å². The molecule has 2 aliphatic rings. The molecule has 0 amide bonds. The zero-order valence-electron chi connectivity index (χ0n) is 15.9. The number of rotatable bonds is 4. The minimum atomic E-state index is -0.758. The minimum Gasteiger partial charge on any atom is -0.383 e. The van der Waals surface area contributed by atoms with Crippen LogP contribution < -0.4 is 0 Å². The molecule has 0 radical (unpaired) electrons. The topological polar surface area (TPSA) is 44.5 Å². The van der Waals surface area contributed by atoms with Gasteiger partial charge in [-0.25, -0.2) is 0 Å². The van der Waals surface area contributed by atoms with Gasteiger partial charge in [0, 0.05) is 37.9 Å². The molecule has 5 heteroatoms. The lowest BCUT2D eigenvalue weighted by Gasteiger charge is -2.48. The van der Waals surface area contributed by atoms with Crippen molar-refractivity contribution in [2.75, 3.05) is 26.2 Å². The van der Waals surface area contributed by atoms with Gasteiger partial charge >= 0.3 is 0 Å². The highest BCUT2D eigenvalue weighted by Gasteiger charge is 2.46. The summed E-state index contributed by atoms with van der Waals surface area (Å²) >= 11 is 0. The van der Waals surface area contributed by atoms with Crippen molar-refractivity contribution in [1.82, 2.24) is 19.6 Å². The fourth-order valence-electron chi connectivity index (χ4n) is 4.60. The van der Waals surface area contributed by atoms with E-state index in [0.717, 1.165) is 44.7 Å². The van der Waals surface area contributed by atoms with Crippen LogP contribution in [0.2, 0.25) is 0 Å². The number of aromatic nitrogens is 2. The third kappa shape index (κ3) is 3.20. The van der Waals surface area contributed by atoms with E-state index in [1.807, 2.05) is 36.1 Å². The number of aryl methyl sites for hydroxylation is 1. The molecular weight excluding hydrogens is 324 g/mol. The Morgan fingerprint density at radius 3 is 2.54 bits per heavy atom. The molecule has 3 heterocycles. The molecule has 0 saturated carbocycles. The zero-order valence-corrected chi connectivity index (χ0v) is 15.9. The molecule has 26 heavy (non-hydrogen) atoms. The molecule has 2 aromatic rings. The number of piperidine rings is 1. The first-order chi connectivity index (χ1) is 12.6. The lowest BCUT2D eigenvalue weighted by atomic mass is 9.79. The number of aliphatic hydroxyl groups is 1. The van der Waals surface area contributed by atoms with Crippen molar-refractivity contribution in [1.29, 1.82) is 0 Å². The monoisotopic (exact) mass is 354 g/mol. The SMILES string of the molecule is Cc1c(CN2CCC(O)(c3ccccc3)[C@H](N3CCCC3)C2)cnn1C. The smallest absolute Gasteiger partial charge is 0.108 e.